The molecule has 4 heterocycles. The van der Waals surface area contributed by atoms with E-state index in [0.717, 1.165) is 66.3 Å². The minimum absolute atomic E-state index is 0.356. The first-order valence-electron chi connectivity index (χ1n) is 17.8. The van der Waals surface area contributed by atoms with Gasteiger partial charge in [0, 0.05) is 46.7 Å². The summed E-state index contributed by atoms with van der Waals surface area (Å²) in [6.07, 6.45) is 7.16. The molecule has 0 N–H and O–H groups in total. The number of rotatable bonds is 6. The molecular weight excluding hydrogens is 665 g/mol. The van der Waals surface area contributed by atoms with Crippen molar-refractivity contribution in [1.29, 1.82) is 0 Å². The van der Waals surface area contributed by atoms with E-state index in [1.54, 1.807) is 30.9 Å². The van der Waals surface area contributed by atoms with Crippen molar-refractivity contribution in [2.24, 2.45) is 0 Å². The van der Waals surface area contributed by atoms with Crippen molar-refractivity contribution in [1.82, 2.24) is 14.5 Å². The lowest BCUT2D eigenvalue weighted by Gasteiger charge is -2.18. The summed E-state index contributed by atoms with van der Waals surface area (Å²) in [6.45, 7) is 0. The number of nitrogens with zero attached hydrogens (tertiary/aromatic N) is 4. The molecule has 6 aromatic carbocycles. The highest BCUT2D eigenvalue weighted by Crippen LogP contribution is 2.44. The number of pyridine rings is 2. The minimum Gasteiger partial charge on any atom is -0.307 e. The first-order chi connectivity index (χ1) is 26.7. The number of hydrogen-bond donors (Lipinski definition) is 0. The van der Waals surface area contributed by atoms with Crippen LogP contribution < -0.4 is 4.90 Å². The second-order valence-corrected chi connectivity index (χ2v) is 13.4. The molecule has 2 amide bonds. The minimum atomic E-state index is -0.368. The number of aromatic nitrogens is 3. The van der Waals surface area contributed by atoms with Crippen molar-refractivity contribution in [3.63, 3.8) is 0 Å². The Morgan fingerprint density at radius 1 is 0.389 bits per heavy atom. The number of amides is 2. The van der Waals surface area contributed by atoms with Gasteiger partial charge in [-0.05, 0) is 88.0 Å². The molecule has 3 aromatic heterocycles. The van der Waals surface area contributed by atoms with E-state index in [1.165, 1.54) is 4.90 Å². The van der Waals surface area contributed by atoms with E-state index in [4.69, 9.17) is 0 Å². The molecule has 0 saturated carbocycles. The fourth-order valence-corrected chi connectivity index (χ4v) is 7.91. The van der Waals surface area contributed by atoms with Gasteiger partial charge in [-0.25, -0.2) is 4.90 Å². The summed E-state index contributed by atoms with van der Waals surface area (Å²) in [5.74, 6) is -0.724. The Balaban J connectivity index is 1.24. The van der Waals surface area contributed by atoms with Crippen molar-refractivity contribution >= 4 is 39.3 Å². The lowest BCUT2D eigenvalue weighted by atomic mass is 9.97. The van der Waals surface area contributed by atoms with E-state index >= 15 is 4.79 Å². The molecule has 1 aliphatic rings. The molecule has 0 radical (unpaired) electrons. The van der Waals surface area contributed by atoms with Gasteiger partial charge in [0.05, 0.1) is 33.5 Å². The summed E-state index contributed by atoms with van der Waals surface area (Å²) < 4.78 is 2.18. The smallest absolute Gasteiger partial charge is 0.268 e. The number of benzene rings is 6. The fraction of sp³-hybridized carbons (Fsp3) is 0. The molecule has 0 aliphatic carbocycles. The first-order valence-corrected chi connectivity index (χ1v) is 17.8. The highest BCUT2D eigenvalue weighted by atomic mass is 16.2. The molecule has 0 saturated heterocycles. The molecule has 0 unspecified atom stereocenters. The van der Waals surface area contributed by atoms with Gasteiger partial charge in [-0.15, -0.1) is 0 Å². The zero-order valence-corrected chi connectivity index (χ0v) is 28.9. The van der Waals surface area contributed by atoms with Crippen molar-refractivity contribution in [2.75, 3.05) is 4.90 Å². The monoisotopic (exact) mass is 694 g/mol. The molecule has 0 fully saturated rings. The molecule has 0 atom stereocenters. The molecule has 6 nitrogen and oxygen atoms in total. The maximum absolute atomic E-state index is 15.1. The zero-order chi connectivity index (χ0) is 36.2. The molecule has 10 rings (SSSR count). The Hall–Kier alpha value is -7.44. The Morgan fingerprint density at radius 2 is 0.870 bits per heavy atom. The lowest BCUT2D eigenvalue weighted by molar-refractivity contribution is 0.0926. The second kappa shape index (κ2) is 12.7. The third kappa shape index (κ3) is 4.96. The summed E-state index contributed by atoms with van der Waals surface area (Å²) in [5.41, 5.74) is 11.5. The summed E-state index contributed by atoms with van der Waals surface area (Å²) in [4.78, 5) is 39.6. The third-order valence-electron chi connectivity index (χ3n) is 10.3. The molecular formula is C48H30N4O2. The Kier molecular flexibility index (Phi) is 7.34. The number of anilines is 1. The van der Waals surface area contributed by atoms with Crippen LogP contribution in [0.15, 0.2) is 183 Å². The highest BCUT2D eigenvalue weighted by molar-refractivity contribution is 6.36. The predicted molar refractivity (Wildman–Crippen MR) is 216 cm³/mol. The molecule has 0 spiro atoms. The average Bonchev–Trinajstić information content (AvgIpc) is 3.72. The van der Waals surface area contributed by atoms with Crippen LogP contribution >= 0.6 is 0 Å². The van der Waals surface area contributed by atoms with Gasteiger partial charge in [-0.2, -0.15) is 0 Å². The van der Waals surface area contributed by atoms with Crippen LogP contribution in [0.2, 0.25) is 0 Å². The zero-order valence-electron chi connectivity index (χ0n) is 28.9. The van der Waals surface area contributed by atoms with Crippen LogP contribution in [0.25, 0.3) is 72.0 Å². The van der Waals surface area contributed by atoms with E-state index < -0.39 is 0 Å². The van der Waals surface area contributed by atoms with Crippen LogP contribution in [-0.2, 0) is 0 Å². The number of fused-ring (bicyclic) bond motifs is 4. The average molecular weight is 695 g/mol. The Labute approximate surface area is 311 Å². The van der Waals surface area contributed by atoms with Gasteiger partial charge < -0.3 is 4.57 Å². The van der Waals surface area contributed by atoms with Crippen molar-refractivity contribution < 1.29 is 9.59 Å². The maximum Gasteiger partial charge on any atom is 0.268 e. The van der Waals surface area contributed by atoms with Gasteiger partial charge in [0.25, 0.3) is 11.8 Å². The van der Waals surface area contributed by atoms with Crippen LogP contribution in [0, 0.1) is 0 Å². The van der Waals surface area contributed by atoms with Crippen LogP contribution in [0.3, 0.4) is 0 Å². The highest BCUT2D eigenvalue weighted by Gasteiger charge is 2.40. The van der Waals surface area contributed by atoms with Crippen LogP contribution in [0.5, 0.6) is 0 Å². The molecule has 6 heteroatoms. The molecule has 1 aliphatic heterocycles. The summed E-state index contributed by atoms with van der Waals surface area (Å²) in [7, 11) is 0. The lowest BCUT2D eigenvalue weighted by Crippen LogP contribution is -2.29. The normalized spacial score (nSPS) is 12.5. The van der Waals surface area contributed by atoms with Gasteiger partial charge >= 0.3 is 0 Å². The number of carbonyl (C=O) groups excluding carboxylic acids is 2. The second-order valence-electron chi connectivity index (χ2n) is 13.4. The van der Waals surface area contributed by atoms with Crippen molar-refractivity contribution in [2.45, 2.75) is 0 Å². The molecule has 254 valence electrons. The van der Waals surface area contributed by atoms with Crippen LogP contribution in [0.4, 0.5) is 5.69 Å². The van der Waals surface area contributed by atoms with Crippen molar-refractivity contribution in [3.05, 3.63) is 194 Å². The SMILES string of the molecule is O=C1c2cccc(-n3c4c(-c5ccncc5)cccc4c4cccc(-c5ccncc5)c43)c2C(=O)N1c1cc(-c2ccccc2)cc(-c2ccccc2)c1. The topological polar surface area (TPSA) is 68.1 Å². The molecule has 9 aromatic rings. The maximum atomic E-state index is 15.1. The standard InChI is InChI=1S/C48H30N4O2/c53-47-42-18-9-19-43(44(42)48(54)51(47)37-29-35(31-10-3-1-4-11-31)28-36(30-37)32-12-5-2-6-13-32)52-45-38(33-20-24-49-25-21-33)14-7-16-40(45)41-17-8-15-39(46(41)52)34-22-26-50-27-23-34/h1-30H. The summed E-state index contributed by atoms with van der Waals surface area (Å²) in [6, 6.07) is 52.2. The Morgan fingerprint density at radius 3 is 1.39 bits per heavy atom. The van der Waals surface area contributed by atoms with E-state index in [-0.39, 0.29) is 11.8 Å². The fourth-order valence-electron chi connectivity index (χ4n) is 7.91. The molecule has 54 heavy (non-hydrogen) atoms. The predicted octanol–water partition coefficient (Wildman–Crippen LogP) is 11.0. The van der Waals surface area contributed by atoms with Gasteiger partial charge in [0.15, 0.2) is 0 Å². The largest absolute Gasteiger partial charge is 0.307 e. The van der Waals surface area contributed by atoms with Gasteiger partial charge in [-0.3, -0.25) is 19.6 Å². The third-order valence-corrected chi connectivity index (χ3v) is 10.3. The molecule has 0 bridgehead atoms. The Bertz CT molecular complexity index is 2750. The van der Waals surface area contributed by atoms with E-state index in [0.29, 0.717) is 22.5 Å². The van der Waals surface area contributed by atoms with Crippen LogP contribution in [-0.4, -0.2) is 26.3 Å². The van der Waals surface area contributed by atoms with Gasteiger partial charge in [0.2, 0.25) is 0 Å². The van der Waals surface area contributed by atoms with E-state index in [2.05, 4.69) is 57.0 Å². The quantitative estimate of drug-likeness (QED) is 0.163. The number of imide groups is 1. The first kappa shape index (κ1) is 31.3. The van der Waals surface area contributed by atoms with Gasteiger partial charge in [0.1, 0.15) is 0 Å². The number of hydrogen-bond acceptors (Lipinski definition) is 4. The number of carbonyl (C=O) groups is 2. The van der Waals surface area contributed by atoms with E-state index in [9.17, 15) is 4.79 Å². The van der Waals surface area contributed by atoms with Crippen LogP contribution in [0.1, 0.15) is 20.7 Å². The summed E-state index contributed by atoms with van der Waals surface area (Å²) in [5, 5.41) is 2.06. The number of para-hydroxylation sites is 2. The van der Waals surface area contributed by atoms with E-state index in [1.807, 2.05) is 109 Å². The summed E-state index contributed by atoms with van der Waals surface area (Å²) >= 11 is 0. The van der Waals surface area contributed by atoms with Crippen molar-refractivity contribution in [3.8, 4) is 50.2 Å². The van der Waals surface area contributed by atoms with Gasteiger partial charge in [-0.1, -0.05) is 103 Å².